The van der Waals surface area contributed by atoms with Crippen molar-refractivity contribution in [2.75, 3.05) is 5.73 Å². The zero-order valence-corrected chi connectivity index (χ0v) is 11.1. The molecule has 0 unspecified atom stereocenters. The molecule has 0 aromatic heterocycles. The third-order valence-corrected chi connectivity index (χ3v) is 4.13. The molecule has 0 aliphatic heterocycles. The van der Waals surface area contributed by atoms with E-state index in [1.807, 2.05) is 42.5 Å². The smallest absolute Gasteiger partial charge is 0.0994 e. The minimum Gasteiger partial charge on any atom is -0.398 e. The van der Waals surface area contributed by atoms with Crippen molar-refractivity contribution in [3.05, 3.63) is 58.6 Å². The topological polar surface area (TPSA) is 49.8 Å². The van der Waals surface area contributed by atoms with Crippen molar-refractivity contribution in [3.8, 4) is 6.07 Å². The van der Waals surface area contributed by atoms with Gasteiger partial charge in [-0.3, -0.25) is 0 Å². The quantitative estimate of drug-likeness (QED) is 0.677. The van der Waals surface area contributed by atoms with Gasteiger partial charge in [0.2, 0.25) is 0 Å². The van der Waals surface area contributed by atoms with Crippen LogP contribution < -0.4 is 5.73 Å². The molecule has 2 rings (SSSR count). The molecule has 2 N–H and O–H groups in total. The molecule has 0 atom stereocenters. The molecule has 0 spiro atoms. The number of nitrogens with two attached hydrogens (primary N) is 1. The van der Waals surface area contributed by atoms with Crippen LogP contribution in [0.3, 0.4) is 0 Å². The van der Waals surface area contributed by atoms with E-state index in [1.165, 1.54) is 0 Å². The number of rotatable bonds is 3. The summed E-state index contributed by atoms with van der Waals surface area (Å²) in [5.74, 6) is 0.678. The Hall–Kier alpha value is -1.63. The van der Waals surface area contributed by atoms with E-state index < -0.39 is 0 Å². The molecule has 0 radical (unpaired) electrons. The van der Waals surface area contributed by atoms with Crippen LogP contribution in [0.25, 0.3) is 0 Å². The lowest BCUT2D eigenvalue weighted by Crippen LogP contribution is -1.91. The van der Waals surface area contributed by atoms with Gasteiger partial charge < -0.3 is 5.73 Å². The minimum atomic E-state index is 0.648. The molecule has 90 valence electrons. The number of nitrogens with zero attached hydrogens (tertiary/aromatic N) is 1. The minimum absolute atomic E-state index is 0.648. The molecule has 2 aromatic carbocycles. The number of nitriles is 1. The lowest BCUT2D eigenvalue weighted by Gasteiger charge is -2.08. The predicted molar refractivity (Wildman–Crippen MR) is 76.6 cm³/mol. The van der Waals surface area contributed by atoms with Crippen LogP contribution in [0.5, 0.6) is 0 Å². The van der Waals surface area contributed by atoms with Crippen molar-refractivity contribution in [1.82, 2.24) is 0 Å². The van der Waals surface area contributed by atoms with Crippen molar-refractivity contribution < 1.29 is 0 Å². The fourth-order valence-electron chi connectivity index (χ4n) is 1.58. The van der Waals surface area contributed by atoms with Gasteiger partial charge in [-0.15, -0.1) is 11.8 Å². The molecule has 18 heavy (non-hydrogen) atoms. The van der Waals surface area contributed by atoms with Crippen molar-refractivity contribution in [1.29, 1.82) is 5.26 Å². The summed E-state index contributed by atoms with van der Waals surface area (Å²) >= 11 is 7.65. The van der Waals surface area contributed by atoms with E-state index in [1.54, 1.807) is 11.8 Å². The zero-order chi connectivity index (χ0) is 13.0. The summed E-state index contributed by atoms with van der Waals surface area (Å²) in [7, 11) is 0. The van der Waals surface area contributed by atoms with Gasteiger partial charge in [-0.2, -0.15) is 5.26 Å². The highest BCUT2D eigenvalue weighted by atomic mass is 35.5. The summed E-state index contributed by atoms with van der Waals surface area (Å²) in [4.78, 5) is 0.868. The molecule has 0 bridgehead atoms. The van der Waals surface area contributed by atoms with Crippen molar-refractivity contribution in [2.45, 2.75) is 10.6 Å². The standard InChI is InChI=1S/C14H11ClN2S/c15-12-6-3-7-13(17)14(12)18-9-11-5-2-1-4-10(11)8-16/h1-7H,9,17H2. The Bertz CT molecular complexity index is 585. The van der Waals surface area contributed by atoms with Gasteiger partial charge in [0, 0.05) is 16.3 Å². The van der Waals surface area contributed by atoms with E-state index in [4.69, 9.17) is 22.6 Å². The Morgan fingerprint density at radius 2 is 1.94 bits per heavy atom. The van der Waals surface area contributed by atoms with Crippen LogP contribution in [0.1, 0.15) is 11.1 Å². The van der Waals surface area contributed by atoms with Gasteiger partial charge in [0.05, 0.1) is 16.7 Å². The molecule has 0 heterocycles. The van der Waals surface area contributed by atoms with Gasteiger partial charge in [0.1, 0.15) is 0 Å². The molecule has 0 aliphatic carbocycles. The maximum absolute atomic E-state index is 9.01. The van der Waals surface area contributed by atoms with Gasteiger partial charge in [-0.05, 0) is 23.8 Å². The number of nitrogen functional groups attached to an aromatic ring is 1. The van der Waals surface area contributed by atoms with E-state index in [2.05, 4.69) is 6.07 Å². The molecule has 0 saturated carbocycles. The average Bonchev–Trinajstić information content (AvgIpc) is 2.38. The molecule has 0 aliphatic rings. The molecule has 4 heteroatoms. The van der Waals surface area contributed by atoms with E-state index in [0.717, 1.165) is 10.5 Å². The fraction of sp³-hybridized carbons (Fsp3) is 0.0714. The highest BCUT2D eigenvalue weighted by Crippen LogP contribution is 2.34. The second-order valence-corrected chi connectivity index (χ2v) is 5.11. The molecular weight excluding hydrogens is 264 g/mol. The summed E-state index contributed by atoms with van der Waals surface area (Å²) in [5.41, 5.74) is 8.23. The lowest BCUT2D eigenvalue weighted by atomic mass is 10.1. The van der Waals surface area contributed by atoms with Gasteiger partial charge >= 0.3 is 0 Å². The molecule has 0 amide bonds. The van der Waals surface area contributed by atoms with Crippen molar-refractivity contribution in [3.63, 3.8) is 0 Å². The molecular formula is C14H11ClN2S. The van der Waals surface area contributed by atoms with Crippen LogP contribution in [0.4, 0.5) is 5.69 Å². The number of anilines is 1. The Morgan fingerprint density at radius 1 is 1.17 bits per heavy atom. The van der Waals surface area contributed by atoms with Crippen LogP contribution in [0.2, 0.25) is 5.02 Å². The Morgan fingerprint density at radius 3 is 2.67 bits per heavy atom. The van der Waals surface area contributed by atoms with E-state index in [9.17, 15) is 0 Å². The molecule has 0 fully saturated rings. The Labute approximate surface area is 115 Å². The lowest BCUT2D eigenvalue weighted by molar-refractivity contribution is 1.34. The Balaban J connectivity index is 2.20. The fourth-order valence-corrected chi connectivity index (χ4v) is 2.92. The first-order valence-electron chi connectivity index (χ1n) is 5.37. The summed E-state index contributed by atoms with van der Waals surface area (Å²) in [6.07, 6.45) is 0. The third-order valence-electron chi connectivity index (χ3n) is 2.51. The van der Waals surface area contributed by atoms with Crippen LogP contribution in [0, 0.1) is 11.3 Å². The number of hydrogen-bond donors (Lipinski definition) is 1. The summed E-state index contributed by atoms with van der Waals surface area (Å²) in [6.45, 7) is 0. The van der Waals surface area contributed by atoms with Crippen LogP contribution >= 0.6 is 23.4 Å². The normalized spacial score (nSPS) is 10.0. The number of benzene rings is 2. The number of thioether (sulfide) groups is 1. The monoisotopic (exact) mass is 274 g/mol. The van der Waals surface area contributed by atoms with E-state index >= 15 is 0 Å². The average molecular weight is 275 g/mol. The zero-order valence-electron chi connectivity index (χ0n) is 9.56. The number of hydrogen-bond acceptors (Lipinski definition) is 3. The van der Waals surface area contributed by atoms with Crippen LogP contribution in [-0.4, -0.2) is 0 Å². The summed E-state index contributed by atoms with van der Waals surface area (Å²) in [6, 6.07) is 15.2. The third kappa shape index (κ3) is 2.79. The van der Waals surface area contributed by atoms with Gasteiger partial charge in [0.25, 0.3) is 0 Å². The van der Waals surface area contributed by atoms with E-state index in [0.29, 0.717) is 22.0 Å². The first kappa shape index (κ1) is 12.8. The molecule has 0 saturated heterocycles. The second-order valence-electron chi connectivity index (χ2n) is 3.72. The summed E-state index contributed by atoms with van der Waals surface area (Å²) in [5, 5.41) is 9.66. The highest BCUT2D eigenvalue weighted by Gasteiger charge is 2.07. The van der Waals surface area contributed by atoms with Gasteiger partial charge in [-0.1, -0.05) is 35.9 Å². The first-order chi connectivity index (χ1) is 8.72. The first-order valence-corrected chi connectivity index (χ1v) is 6.73. The predicted octanol–water partition coefficient (Wildman–Crippen LogP) is 4.09. The largest absolute Gasteiger partial charge is 0.398 e. The molecule has 2 nitrogen and oxygen atoms in total. The SMILES string of the molecule is N#Cc1ccccc1CSc1c(N)cccc1Cl. The van der Waals surface area contributed by atoms with E-state index in [-0.39, 0.29) is 0 Å². The van der Waals surface area contributed by atoms with Crippen LogP contribution in [0.15, 0.2) is 47.4 Å². The summed E-state index contributed by atoms with van der Waals surface area (Å²) < 4.78 is 0. The van der Waals surface area contributed by atoms with Gasteiger partial charge in [0.15, 0.2) is 0 Å². The highest BCUT2D eigenvalue weighted by molar-refractivity contribution is 7.98. The van der Waals surface area contributed by atoms with Crippen LogP contribution in [-0.2, 0) is 5.75 Å². The Kier molecular flexibility index (Phi) is 4.14. The second kappa shape index (κ2) is 5.81. The van der Waals surface area contributed by atoms with Gasteiger partial charge in [-0.25, -0.2) is 0 Å². The maximum Gasteiger partial charge on any atom is 0.0994 e. The maximum atomic E-state index is 9.01. The van der Waals surface area contributed by atoms with Crippen molar-refractivity contribution in [2.24, 2.45) is 0 Å². The van der Waals surface area contributed by atoms with Crippen molar-refractivity contribution >= 4 is 29.1 Å². The molecule has 2 aromatic rings. The number of halogens is 1.